The SMILES string of the molecule is CC(C)SCC(=O)N1C[C@@H](C(=O)O)C[C@H](C(=O)NCc2ccccn2)C1. The highest BCUT2D eigenvalue weighted by molar-refractivity contribution is 8.00. The molecular weight excluding hydrogens is 354 g/mol. The Hall–Kier alpha value is -2.09. The first-order valence-electron chi connectivity index (χ1n) is 8.66. The molecule has 0 aromatic carbocycles. The second-order valence-corrected chi connectivity index (χ2v) is 8.23. The van der Waals surface area contributed by atoms with Crippen LogP contribution < -0.4 is 5.32 Å². The summed E-state index contributed by atoms with van der Waals surface area (Å²) < 4.78 is 0. The monoisotopic (exact) mass is 379 g/mol. The molecule has 7 nitrogen and oxygen atoms in total. The number of aliphatic carboxylic acids is 1. The van der Waals surface area contributed by atoms with E-state index in [1.54, 1.807) is 18.3 Å². The molecule has 2 atom stereocenters. The number of nitrogens with zero attached hydrogens (tertiary/aromatic N) is 2. The maximum Gasteiger partial charge on any atom is 0.308 e. The molecule has 1 aromatic rings. The van der Waals surface area contributed by atoms with Crippen molar-refractivity contribution >= 4 is 29.5 Å². The number of hydrogen-bond acceptors (Lipinski definition) is 5. The molecule has 2 heterocycles. The summed E-state index contributed by atoms with van der Waals surface area (Å²) in [6.07, 6.45) is 1.89. The quantitative estimate of drug-likeness (QED) is 0.743. The minimum atomic E-state index is -0.971. The lowest BCUT2D eigenvalue weighted by atomic mass is 9.88. The van der Waals surface area contributed by atoms with Gasteiger partial charge in [0.15, 0.2) is 0 Å². The standard InChI is InChI=1S/C18H25N3O4S/c1-12(2)26-11-16(22)21-9-13(7-14(10-21)18(24)25)17(23)20-8-15-5-3-4-6-19-15/h3-6,12-14H,7-11H2,1-2H3,(H,20,23)(H,24,25)/t13-,14-/m0/s1. The van der Waals surface area contributed by atoms with E-state index in [2.05, 4.69) is 10.3 Å². The number of pyridine rings is 1. The summed E-state index contributed by atoms with van der Waals surface area (Å²) >= 11 is 1.51. The van der Waals surface area contributed by atoms with E-state index in [0.29, 0.717) is 11.0 Å². The summed E-state index contributed by atoms with van der Waals surface area (Å²) in [5.74, 6) is -2.27. The van der Waals surface area contributed by atoms with Gasteiger partial charge in [-0.2, -0.15) is 0 Å². The van der Waals surface area contributed by atoms with Crippen LogP contribution in [0.3, 0.4) is 0 Å². The van der Waals surface area contributed by atoms with E-state index in [-0.39, 0.29) is 37.9 Å². The number of carbonyl (C=O) groups is 3. The van der Waals surface area contributed by atoms with Crippen molar-refractivity contribution in [2.75, 3.05) is 18.8 Å². The fourth-order valence-corrected chi connectivity index (χ4v) is 3.48. The first-order valence-corrected chi connectivity index (χ1v) is 9.71. The van der Waals surface area contributed by atoms with Crippen molar-refractivity contribution in [3.05, 3.63) is 30.1 Å². The van der Waals surface area contributed by atoms with Crippen molar-refractivity contribution in [3.8, 4) is 0 Å². The number of piperidine rings is 1. The lowest BCUT2D eigenvalue weighted by molar-refractivity contribution is -0.147. The van der Waals surface area contributed by atoms with Crippen LogP contribution in [0.25, 0.3) is 0 Å². The van der Waals surface area contributed by atoms with Gasteiger partial charge in [0, 0.05) is 19.3 Å². The number of nitrogens with one attached hydrogen (secondary N) is 1. The van der Waals surface area contributed by atoms with Crippen LogP contribution in [0.2, 0.25) is 0 Å². The second-order valence-electron chi connectivity index (χ2n) is 6.67. The van der Waals surface area contributed by atoms with Gasteiger partial charge in [0.25, 0.3) is 0 Å². The molecule has 142 valence electrons. The first kappa shape index (κ1) is 20.2. The van der Waals surface area contributed by atoms with E-state index >= 15 is 0 Å². The van der Waals surface area contributed by atoms with Crippen LogP contribution >= 0.6 is 11.8 Å². The summed E-state index contributed by atoms with van der Waals surface area (Å²) in [6, 6.07) is 5.44. The van der Waals surface area contributed by atoms with Gasteiger partial charge in [-0.1, -0.05) is 19.9 Å². The number of rotatable bonds is 7. The number of carbonyl (C=O) groups excluding carboxylic acids is 2. The summed E-state index contributed by atoms with van der Waals surface area (Å²) in [5, 5.41) is 12.5. The highest BCUT2D eigenvalue weighted by Crippen LogP contribution is 2.24. The van der Waals surface area contributed by atoms with Crippen LogP contribution in [0.1, 0.15) is 26.0 Å². The maximum absolute atomic E-state index is 12.5. The molecule has 0 unspecified atom stereocenters. The second kappa shape index (κ2) is 9.56. The Morgan fingerprint density at radius 2 is 2.04 bits per heavy atom. The van der Waals surface area contributed by atoms with Crippen molar-refractivity contribution in [1.82, 2.24) is 15.2 Å². The van der Waals surface area contributed by atoms with E-state index < -0.39 is 17.8 Å². The van der Waals surface area contributed by atoms with Crippen LogP contribution in [0, 0.1) is 11.8 Å². The van der Waals surface area contributed by atoms with E-state index in [0.717, 1.165) is 5.69 Å². The molecule has 1 aliphatic heterocycles. The van der Waals surface area contributed by atoms with Gasteiger partial charge in [0.05, 0.1) is 29.8 Å². The van der Waals surface area contributed by atoms with Crippen LogP contribution in [-0.4, -0.2) is 56.9 Å². The van der Waals surface area contributed by atoms with Crippen molar-refractivity contribution in [1.29, 1.82) is 0 Å². The van der Waals surface area contributed by atoms with Crippen LogP contribution in [0.4, 0.5) is 0 Å². The van der Waals surface area contributed by atoms with Crippen molar-refractivity contribution < 1.29 is 19.5 Å². The van der Waals surface area contributed by atoms with Gasteiger partial charge < -0.3 is 15.3 Å². The molecule has 0 bridgehead atoms. The summed E-state index contributed by atoms with van der Waals surface area (Å²) in [5.41, 5.74) is 0.729. The fourth-order valence-electron chi connectivity index (χ4n) is 2.83. The van der Waals surface area contributed by atoms with Crippen molar-refractivity contribution in [3.63, 3.8) is 0 Å². The summed E-state index contributed by atoms with van der Waals surface area (Å²) in [4.78, 5) is 42.0. The Kier molecular flexibility index (Phi) is 7.44. The highest BCUT2D eigenvalue weighted by atomic mass is 32.2. The Balaban J connectivity index is 1.97. The number of amides is 2. The van der Waals surface area contributed by atoms with Crippen molar-refractivity contribution in [2.24, 2.45) is 11.8 Å². The van der Waals surface area contributed by atoms with E-state index in [9.17, 15) is 19.5 Å². The Bertz CT molecular complexity index is 639. The summed E-state index contributed by atoms with van der Waals surface area (Å²) in [6.45, 7) is 4.71. The molecule has 2 N–H and O–H groups in total. The minimum absolute atomic E-state index is 0.114. The number of hydrogen-bond donors (Lipinski definition) is 2. The predicted molar refractivity (Wildman–Crippen MR) is 99.5 cm³/mol. The smallest absolute Gasteiger partial charge is 0.308 e. The number of carboxylic acids is 1. The molecule has 0 saturated carbocycles. The molecule has 0 radical (unpaired) electrons. The molecule has 0 aliphatic carbocycles. The largest absolute Gasteiger partial charge is 0.481 e. The zero-order chi connectivity index (χ0) is 19.1. The van der Waals surface area contributed by atoms with Crippen LogP contribution in [0.15, 0.2) is 24.4 Å². The Labute approximate surface area is 157 Å². The zero-order valence-electron chi connectivity index (χ0n) is 15.1. The molecule has 2 amide bonds. The van der Waals surface area contributed by atoms with Crippen LogP contribution in [0.5, 0.6) is 0 Å². The topological polar surface area (TPSA) is 99.6 Å². The third-order valence-corrected chi connectivity index (χ3v) is 5.31. The number of likely N-dealkylation sites (tertiary alicyclic amines) is 1. The van der Waals surface area contributed by atoms with E-state index in [1.807, 2.05) is 19.9 Å². The third-order valence-electron chi connectivity index (χ3n) is 4.23. The fraction of sp³-hybridized carbons (Fsp3) is 0.556. The predicted octanol–water partition coefficient (Wildman–Crippen LogP) is 1.39. The normalized spacial score (nSPS) is 20.0. The van der Waals surface area contributed by atoms with E-state index in [1.165, 1.54) is 16.7 Å². The summed E-state index contributed by atoms with van der Waals surface area (Å²) in [7, 11) is 0. The molecular formula is C18H25N3O4S. The zero-order valence-corrected chi connectivity index (χ0v) is 15.9. The molecule has 8 heteroatoms. The average Bonchev–Trinajstić information content (AvgIpc) is 2.64. The lowest BCUT2D eigenvalue weighted by Gasteiger charge is -2.35. The Morgan fingerprint density at radius 3 is 2.65 bits per heavy atom. The Morgan fingerprint density at radius 1 is 1.31 bits per heavy atom. The van der Waals surface area contributed by atoms with Gasteiger partial charge in [-0.15, -0.1) is 11.8 Å². The maximum atomic E-state index is 12.5. The number of aromatic nitrogens is 1. The molecule has 2 rings (SSSR count). The average molecular weight is 379 g/mol. The lowest BCUT2D eigenvalue weighted by Crippen LogP contribution is -2.50. The minimum Gasteiger partial charge on any atom is -0.481 e. The molecule has 1 fully saturated rings. The third kappa shape index (κ3) is 6.01. The van der Waals surface area contributed by atoms with Gasteiger partial charge in [0.2, 0.25) is 11.8 Å². The molecule has 1 saturated heterocycles. The van der Waals surface area contributed by atoms with Crippen molar-refractivity contribution in [2.45, 2.75) is 32.1 Å². The van der Waals surface area contributed by atoms with E-state index in [4.69, 9.17) is 0 Å². The molecule has 26 heavy (non-hydrogen) atoms. The van der Waals surface area contributed by atoms with Gasteiger partial charge in [-0.3, -0.25) is 19.4 Å². The molecule has 1 aliphatic rings. The van der Waals surface area contributed by atoms with Crippen LogP contribution in [-0.2, 0) is 20.9 Å². The van der Waals surface area contributed by atoms with Gasteiger partial charge in [-0.05, 0) is 23.8 Å². The van der Waals surface area contributed by atoms with Gasteiger partial charge in [0.1, 0.15) is 0 Å². The highest BCUT2D eigenvalue weighted by Gasteiger charge is 2.36. The number of thioether (sulfide) groups is 1. The first-order chi connectivity index (χ1) is 12.4. The van der Waals surface area contributed by atoms with Gasteiger partial charge >= 0.3 is 5.97 Å². The molecule has 1 aromatic heterocycles. The molecule has 0 spiro atoms. The van der Waals surface area contributed by atoms with Gasteiger partial charge in [-0.25, -0.2) is 0 Å². The number of carboxylic acid groups (broad SMARTS) is 1.